The number of carbonyl (C=O) groups excluding carboxylic acids is 1. The second kappa shape index (κ2) is 10.1. The molecular weight excluding hydrogens is 465 g/mol. The summed E-state index contributed by atoms with van der Waals surface area (Å²) < 4.78 is 43.7. The minimum Gasteiger partial charge on any atom is -0.361 e. The molecule has 10 heteroatoms. The number of halogens is 3. The quantitative estimate of drug-likeness (QED) is 0.450. The van der Waals surface area contributed by atoms with Gasteiger partial charge in [-0.05, 0) is 44.5 Å². The summed E-state index contributed by atoms with van der Waals surface area (Å²) in [5.74, 6) is 1.86. The van der Waals surface area contributed by atoms with Gasteiger partial charge in [0.1, 0.15) is 11.6 Å². The molecule has 1 aromatic carbocycles. The van der Waals surface area contributed by atoms with Crippen LogP contribution in [0.2, 0.25) is 0 Å². The van der Waals surface area contributed by atoms with Gasteiger partial charge in [0.25, 0.3) is 5.91 Å². The number of anilines is 1. The van der Waals surface area contributed by atoms with Crippen LogP contribution >= 0.6 is 11.8 Å². The van der Waals surface area contributed by atoms with Crippen LogP contribution in [0, 0.1) is 13.8 Å². The van der Waals surface area contributed by atoms with E-state index in [9.17, 15) is 18.0 Å². The summed E-state index contributed by atoms with van der Waals surface area (Å²) >= 11 is 1.57. The number of benzene rings is 1. The Morgan fingerprint density at radius 1 is 1.09 bits per heavy atom. The Hall–Kier alpha value is -3.01. The average Bonchev–Trinajstić information content (AvgIpc) is 3.01. The fourth-order valence-corrected chi connectivity index (χ4v) is 5.09. The summed E-state index contributed by atoms with van der Waals surface area (Å²) in [4.78, 5) is 22.0. The van der Waals surface area contributed by atoms with Crippen molar-refractivity contribution in [2.75, 3.05) is 31.1 Å². The Morgan fingerprint density at radius 2 is 1.88 bits per heavy atom. The van der Waals surface area contributed by atoms with Crippen molar-refractivity contribution in [1.29, 1.82) is 0 Å². The second-order valence-corrected chi connectivity index (χ2v) is 9.14. The summed E-state index contributed by atoms with van der Waals surface area (Å²) in [5.41, 5.74) is 1.74. The lowest BCUT2D eigenvalue weighted by Crippen LogP contribution is -2.35. The zero-order chi connectivity index (χ0) is 24.3. The van der Waals surface area contributed by atoms with Gasteiger partial charge in [0.05, 0.1) is 16.8 Å². The molecule has 1 aliphatic rings. The van der Waals surface area contributed by atoms with Crippen LogP contribution in [0.3, 0.4) is 0 Å². The first kappa shape index (κ1) is 24.1. The van der Waals surface area contributed by atoms with Crippen molar-refractivity contribution in [1.82, 2.24) is 15.0 Å². The molecule has 34 heavy (non-hydrogen) atoms. The summed E-state index contributed by atoms with van der Waals surface area (Å²) in [7, 11) is 0. The molecule has 1 amide bonds. The van der Waals surface area contributed by atoms with Gasteiger partial charge in [-0.15, -0.1) is 11.8 Å². The second-order valence-electron chi connectivity index (χ2n) is 8.12. The molecule has 6 nitrogen and oxygen atoms in total. The molecule has 0 bridgehead atoms. The number of amides is 1. The first-order valence-corrected chi connectivity index (χ1v) is 11.9. The highest BCUT2D eigenvalue weighted by Crippen LogP contribution is 2.31. The molecule has 0 aliphatic carbocycles. The maximum Gasteiger partial charge on any atom is 0.417 e. The van der Waals surface area contributed by atoms with E-state index in [1.54, 1.807) is 16.7 Å². The predicted molar refractivity (Wildman–Crippen MR) is 124 cm³/mol. The summed E-state index contributed by atoms with van der Waals surface area (Å²) in [5, 5.41) is 3.99. The number of carbonyl (C=O) groups is 1. The first-order valence-electron chi connectivity index (χ1n) is 10.9. The van der Waals surface area contributed by atoms with Crippen LogP contribution in [-0.4, -0.2) is 47.1 Å². The standard InChI is InChI=1S/C24H25F3N4O2S/c1-16-20(17(2)33-29-16)15-34-21-7-4-3-6-19(21)23(32)31-11-5-10-30(12-13-31)22-9-8-18(14-28-22)24(25,26)27/h3-4,6-9,14H,5,10-13,15H2,1-2H3. The number of thioether (sulfide) groups is 1. The number of pyridine rings is 1. The third kappa shape index (κ3) is 5.38. The number of hydrogen-bond donors (Lipinski definition) is 0. The van der Waals surface area contributed by atoms with Gasteiger partial charge in [0, 0.05) is 48.6 Å². The molecule has 4 rings (SSSR count). The Labute approximate surface area is 200 Å². The third-order valence-electron chi connectivity index (χ3n) is 5.85. The lowest BCUT2D eigenvalue weighted by molar-refractivity contribution is -0.137. The molecule has 1 aliphatic heterocycles. The largest absolute Gasteiger partial charge is 0.417 e. The van der Waals surface area contributed by atoms with Gasteiger partial charge >= 0.3 is 6.18 Å². The normalized spacial score (nSPS) is 14.9. The maximum absolute atomic E-state index is 13.4. The molecule has 0 N–H and O–H groups in total. The number of alkyl halides is 3. The van der Waals surface area contributed by atoms with Crippen molar-refractivity contribution in [3.05, 3.63) is 70.7 Å². The molecule has 1 saturated heterocycles. The van der Waals surface area contributed by atoms with Crippen molar-refractivity contribution in [3.8, 4) is 0 Å². The van der Waals surface area contributed by atoms with Crippen LogP contribution in [0.25, 0.3) is 0 Å². The third-order valence-corrected chi connectivity index (χ3v) is 6.95. The van der Waals surface area contributed by atoms with E-state index in [0.717, 1.165) is 34.2 Å². The van der Waals surface area contributed by atoms with E-state index in [-0.39, 0.29) is 5.91 Å². The van der Waals surface area contributed by atoms with E-state index in [4.69, 9.17) is 4.52 Å². The zero-order valence-corrected chi connectivity index (χ0v) is 19.7. The smallest absolute Gasteiger partial charge is 0.361 e. The van der Waals surface area contributed by atoms with Crippen molar-refractivity contribution in [2.45, 2.75) is 37.1 Å². The van der Waals surface area contributed by atoms with Crippen LogP contribution < -0.4 is 4.90 Å². The van der Waals surface area contributed by atoms with Crippen LogP contribution in [0.4, 0.5) is 19.0 Å². The van der Waals surface area contributed by atoms with E-state index < -0.39 is 11.7 Å². The van der Waals surface area contributed by atoms with Gasteiger partial charge in [-0.3, -0.25) is 4.79 Å². The number of nitrogens with zero attached hydrogens (tertiary/aromatic N) is 4. The molecule has 2 aromatic heterocycles. The molecule has 3 heterocycles. The lowest BCUT2D eigenvalue weighted by atomic mass is 10.2. The Morgan fingerprint density at radius 3 is 2.56 bits per heavy atom. The average molecular weight is 491 g/mol. The highest BCUT2D eigenvalue weighted by Gasteiger charge is 2.31. The fourth-order valence-electron chi connectivity index (χ4n) is 3.89. The molecular formula is C24H25F3N4O2S. The van der Waals surface area contributed by atoms with E-state index >= 15 is 0 Å². The highest BCUT2D eigenvalue weighted by atomic mass is 32.2. The summed E-state index contributed by atoms with van der Waals surface area (Å²) in [6, 6.07) is 9.96. The van der Waals surface area contributed by atoms with Gasteiger partial charge in [0.15, 0.2) is 0 Å². The predicted octanol–water partition coefficient (Wildman–Crippen LogP) is 5.35. The van der Waals surface area contributed by atoms with Crippen molar-refractivity contribution < 1.29 is 22.5 Å². The molecule has 0 saturated carbocycles. The van der Waals surface area contributed by atoms with Crippen LogP contribution in [0.15, 0.2) is 52.0 Å². The SMILES string of the molecule is Cc1noc(C)c1CSc1ccccc1C(=O)N1CCCN(c2ccc(C(F)(F)F)cn2)CC1. The summed E-state index contributed by atoms with van der Waals surface area (Å²) in [6.45, 7) is 5.92. The molecule has 3 aromatic rings. The Kier molecular flexibility index (Phi) is 7.16. The van der Waals surface area contributed by atoms with E-state index in [0.29, 0.717) is 49.7 Å². The van der Waals surface area contributed by atoms with Crippen molar-refractivity contribution in [3.63, 3.8) is 0 Å². The minimum absolute atomic E-state index is 0.0518. The molecule has 1 fully saturated rings. The molecule has 0 spiro atoms. The van der Waals surface area contributed by atoms with Crippen molar-refractivity contribution >= 4 is 23.5 Å². The van der Waals surface area contributed by atoms with Gasteiger partial charge in [0.2, 0.25) is 0 Å². The molecule has 0 unspecified atom stereocenters. The topological polar surface area (TPSA) is 62.5 Å². The Bertz CT molecular complexity index is 1130. The number of hydrogen-bond acceptors (Lipinski definition) is 6. The molecule has 0 radical (unpaired) electrons. The summed E-state index contributed by atoms with van der Waals surface area (Å²) in [6.07, 6.45) is -2.86. The highest BCUT2D eigenvalue weighted by molar-refractivity contribution is 7.98. The lowest BCUT2D eigenvalue weighted by Gasteiger charge is -2.23. The van der Waals surface area contributed by atoms with Gasteiger partial charge in [-0.2, -0.15) is 13.2 Å². The maximum atomic E-state index is 13.4. The van der Waals surface area contributed by atoms with Crippen LogP contribution in [-0.2, 0) is 11.9 Å². The number of rotatable bonds is 5. The van der Waals surface area contributed by atoms with E-state index in [1.165, 1.54) is 6.07 Å². The van der Waals surface area contributed by atoms with E-state index in [2.05, 4.69) is 10.1 Å². The van der Waals surface area contributed by atoms with Gasteiger partial charge in [-0.1, -0.05) is 17.3 Å². The van der Waals surface area contributed by atoms with Crippen molar-refractivity contribution in [2.24, 2.45) is 0 Å². The monoisotopic (exact) mass is 490 g/mol. The van der Waals surface area contributed by atoms with Gasteiger partial charge in [-0.25, -0.2) is 4.98 Å². The Balaban J connectivity index is 1.43. The number of aryl methyl sites for hydroxylation is 2. The zero-order valence-electron chi connectivity index (χ0n) is 18.9. The van der Waals surface area contributed by atoms with Crippen LogP contribution in [0.5, 0.6) is 0 Å². The first-order chi connectivity index (χ1) is 16.2. The van der Waals surface area contributed by atoms with Gasteiger partial charge < -0.3 is 14.3 Å². The minimum atomic E-state index is -4.41. The fraction of sp³-hybridized carbons (Fsp3) is 0.375. The van der Waals surface area contributed by atoms with E-state index in [1.807, 2.05) is 43.0 Å². The molecule has 0 atom stereocenters. The number of aromatic nitrogens is 2. The van der Waals surface area contributed by atoms with Crippen LogP contribution in [0.1, 0.15) is 39.4 Å². The molecule has 180 valence electrons.